The fourth-order valence-corrected chi connectivity index (χ4v) is 0.200. The number of carbonyl (C=O) groups excluding carboxylic acids is 1. The van der Waals surface area contributed by atoms with Gasteiger partial charge in [-0.05, 0) is 0 Å². The summed E-state index contributed by atoms with van der Waals surface area (Å²) >= 11 is 2.21. The second-order valence-electron chi connectivity index (χ2n) is 0.491. The standard InChI is InChI=1S/C3H4OSe/c4-2-1-3-5/h1-3,5H/p+1/b3-1-. The Balaban J connectivity index is 2.92. The average molecular weight is 136 g/mol. The number of aldehydes is 1. The van der Waals surface area contributed by atoms with Crippen molar-refractivity contribution in [2.24, 2.45) is 0 Å². The van der Waals surface area contributed by atoms with E-state index in [1.165, 1.54) is 6.08 Å². The topological polar surface area (TPSA) is 21.4 Å². The van der Waals surface area contributed by atoms with Gasteiger partial charge in [-0.15, -0.1) is 0 Å². The van der Waals surface area contributed by atoms with Gasteiger partial charge >= 0.3 is 38.1 Å². The molecule has 0 atom stereocenters. The molecular weight excluding hydrogens is 131 g/mol. The summed E-state index contributed by atoms with van der Waals surface area (Å²) in [6.07, 6.45) is 2.51. The maximum absolute atomic E-state index is 7.84. The predicted molar refractivity (Wildman–Crippen MR) is 24.3 cm³/mol. The van der Waals surface area contributed by atoms with E-state index < -0.39 is 0 Å². The molecule has 0 unspecified atom stereocenters. The van der Waals surface area contributed by atoms with Gasteiger partial charge in [0.2, 0.25) is 0 Å². The van der Waals surface area contributed by atoms with Crippen molar-refractivity contribution in [3.63, 3.8) is 0 Å². The third-order valence-electron chi connectivity index (χ3n) is 0.172. The van der Waals surface area contributed by atoms with Gasteiger partial charge in [-0.3, -0.25) is 0 Å². The first-order valence-corrected chi connectivity index (χ1v) is 2.27. The van der Waals surface area contributed by atoms with Crippen molar-refractivity contribution in [2.75, 3.05) is 0 Å². The van der Waals surface area contributed by atoms with Gasteiger partial charge in [0.25, 0.3) is 0 Å². The molecule has 0 heterocycles. The van der Waals surface area contributed by atoms with Crippen LogP contribution < -0.4 is 0 Å². The fourth-order valence-electron chi connectivity index (χ4n) is 0.0385. The zero-order valence-electron chi connectivity index (χ0n) is 2.63. The number of hydrogen-bond acceptors (Lipinski definition) is 0. The van der Waals surface area contributed by atoms with Crippen LogP contribution in [0.3, 0.4) is 0 Å². The van der Waals surface area contributed by atoms with Gasteiger partial charge in [0, 0.05) is 0 Å². The van der Waals surface area contributed by atoms with Crippen LogP contribution in [-0.2, 0) is 0 Å². The molecule has 0 bridgehead atoms. The van der Waals surface area contributed by atoms with Crippen molar-refractivity contribution < 1.29 is 4.79 Å². The van der Waals surface area contributed by atoms with Crippen LogP contribution in [-0.4, -0.2) is 27.1 Å². The summed E-state index contributed by atoms with van der Waals surface area (Å²) in [5.41, 5.74) is 0. The maximum atomic E-state index is 7.84. The summed E-state index contributed by atoms with van der Waals surface area (Å²) in [5.74, 6) is 0. The van der Waals surface area contributed by atoms with Crippen molar-refractivity contribution >= 4 is 22.3 Å². The van der Waals surface area contributed by atoms with Gasteiger partial charge in [-0.2, -0.15) is 0 Å². The van der Waals surface area contributed by atoms with Crippen molar-refractivity contribution in [3.05, 3.63) is 11.1 Å². The molecule has 0 saturated carbocycles. The molecule has 0 rings (SSSR count). The van der Waals surface area contributed by atoms with Crippen LogP contribution in [0.25, 0.3) is 0 Å². The molecule has 0 fully saturated rings. The minimum atomic E-state index is 0.984. The Morgan fingerprint density at radius 1 is 1.60 bits per heavy atom. The molecule has 0 aromatic rings. The summed E-state index contributed by atoms with van der Waals surface area (Å²) < 4.78 is 0. The molecule has 1 N–H and O–H groups in total. The summed E-state index contributed by atoms with van der Waals surface area (Å²) in [4.78, 5) is 9.53. The average Bonchev–Trinajstić information content (AvgIpc) is 1.41. The van der Waals surface area contributed by atoms with E-state index >= 15 is 0 Å². The van der Waals surface area contributed by atoms with Crippen LogP contribution in [0.5, 0.6) is 0 Å². The SMILES string of the molecule is [OH+]=C/C=C\[SeH]. The molecule has 0 aromatic heterocycles. The Kier molecular flexibility index (Phi) is 3.87. The van der Waals surface area contributed by atoms with Crippen molar-refractivity contribution in [1.82, 2.24) is 0 Å². The number of allylic oxidation sites excluding steroid dienone is 1. The first kappa shape index (κ1) is 4.93. The van der Waals surface area contributed by atoms with Crippen LogP contribution in [0.1, 0.15) is 0 Å². The van der Waals surface area contributed by atoms with Gasteiger partial charge in [0.1, 0.15) is 0 Å². The third-order valence-corrected chi connectivity index (χ3v) is 0.533. The Bertz CT molecular complexity index is 48.9. The Morgan fingerprint density at radius 3 is 2.20 bits per heavy atom. The molecule has 0 spiro atoms. The van der Waals surface area contributed by atoms with E-state index in [4.69, 9.17) is 4.79 Å². The zero-order valence-corrected chi connectivity index (χ0v) is 4.50. The van der Waals surface area contributed by atoms with Gasteiger partial charge in [-0.1, -0.05) is 0 Å². The molecule has 0 saturated heterocycles. The van der Waals surface area contributed by atoms with Crippen LogP contribution in [0.15, 0.2) is 11.1 Å². The summed E-state index contributed by atoms with van der Waals surface area (Å²) in [6.45, 7) is 0. The van der Waals surface area contributed by atoms with Gasteiger partial charge in [0.15, 0.2) is 0 Å². The Labute approximate surface area is 38.9 Å². The number of hydrogen-bond donors (Lipinski definition) is 0. The second-order valence-corrected chi connectivity index (χ2v) is 1.12. The van der Waals surface area contributed by atoms with E-state index in [2.05, 4.69) is 16.0 Å². The van der Waals surface area contributed by atoms with Crippen LogP contribution in [0.2, 0.25) is 0 Å². The molecule has 5 heavy (non-hydrogen) atoms. The summed E-state index contributed by atoms with van der Waals surface area (Å²) in [5, 5.41) is 0. The first-order chi connectivity index (χ1) is 2.41. The van der Waals surface area contributed by atoms with Crippen molar-refractivity contribution in [3.8, 4) is 0 Å². The van der Waals surface area contributed by atoms with Crippen molar-refractivity contribution in [2.45, 2.75) is 0 Å². The molecule has 0 amide bonds. The van der Waals surface area contributed by atoms with Crippen LogP contribution in [0, 0.1) is 0 Å². The quantitative estimate of drug-likeness (QED) is 0.202. The molecule has 1 nitrogen and oxygen atoms in total. The van der Waals surface area contributed by atoms with Crippen LogP contribution in [0.4, 0.5) is 0 Å². The molecule has 2 heteroatoms. The van der Waals surface area contributed by atoms with E-state index in [0.717, 1.165) is 6.29 Å². The molecule has 0 radical (unpaired) electrons. The molecule has 0 aliphatic carbocycles. The van der Waals surface area contributed by atoms with Gasteiger partial charge in [-0.25, -0.2) is 0 Å². The zero-order chi connectivity index (χ0) is 4.12. The molecule has 28 valence electrons. The van der Waals surface area contributed by atoms with Gasteiger partial charge in [0.05, 0.1) is 0 Å². The Morgan fingerprint density at radius 2 is 2.20 bits per heavy atom. The fraction of sp³-hybridized carbons (Fsp3) is 0. The first-order valence-electron chi connectivity index (χ1n) is 1.18. The summed E-state index contributed by atoms with van der Waals surface area (Å²) in [7, 11) is 0. The van der Waals surface area contributed by atoms with E-state index in [-0.39, 0.29) is 0 Å². The molecule has 0 aliphatic heterocycles. The second kappa shape index (κ2) is 3.93. The molecule has 0 aliphatic rings. The normalized spacial score (nSPS) is 9.00. The Hall–Kier alpha value is -0.0705. The minimum absolute atomic E-state index is 0.984. The summed E-state index contributed by atoms with van der Waals surface area (Å²) in [6, 6.07) is 0. The van der Waals surface area contributed by atoms with E-state index in [0.29, 0.717) is 0 Å². The predicted octanol–water partition coefficient (Wildman–Crippen LogP) is -0.424. The van der Waals surface area contributed by atoms with E-state index in [1.807, 2.05) is 0 Å². The molecular formula is C3H5OSe+. The molecule has 0 aromatic carbocycles. The van der Waals surface area contributed by atoms with Crippen molar-refractivity contribution in [1.29, 1.82) is 0 Å². The third kappa shape index (κ3) is 3.93. The number of rotatable bonds is 1. The monoisotopic (exact) mass is 137 g/mol. The van der Waals surface area contributed by atoms with Crippen LogP contribution >= 0.6 is 0 Å². The van der Waals surface area contributed by atoms with E-state index in [9.17, 15) is 0 Å². The van der Waals surface area contributed by atoms with E-state index in [1.54, 1.807) is 4.97 Å². The van der Waals surface area contributed by atoms with Gasteiger partial charge < -0.3 is 0 Å².